The molecule has 0 bridgehead atoms. The van der Waals surface area contributed by atoms with Crippen molar-refractivity contribution in [1.29, 1.82) is 0 Å². The van der Waals surface area contributed by atoms with Crippen molar-refractivity contribution in [3.8, 4) is 0 Å². The Hall–Kier alpha value is -6.15. The third kappa shape index (κ3) is 11.4. The second kappa shape index (κ2) is 18.3. The summed E-state index contributed by atoms with van der Waals surface area (Å²) >= 11 is 0. The molecule has 3 N–H and O–H groups in total. The summed E-state index contributed by atoms with van der Waals surface area (Å²) in [6.45, 7) is 10.2. The first-order valence-corrected chi connectivity index (χ1v) is 16.5. The van der Waals surface area contributed by atoms with Crippen LogP contribution in [0.25, 0.3) is 22.1 Å². The number of nitrogens with zero attached hydrogens (tertiary/aromatic N) is 4. The van der Waals surface area contributed by atoms with Crippen molar-refractivity contribution in [3.63, 3.8) is 0 Å². The molecule has 0 saturated carbocycles. The maximum Gasteiger partial charge on any atom is 0.229 e. The first kappa shape index (κ1) is 43.3. The third-order valence-electron chi connectivity index (χ3n) is 7.63. The lowest BCUT2D eigenvalue weighted by atomic mass is 9.95. The predicted molar refractivity (Wildman–Crippen MR) is 204 cm³/mol. The molecule has 6 aromatic rings. The topological polar surface area (TPSA) is 147 Å². The van der Waals surface area contributed by atoms with Gasteiger partial charge in [0, 0.05) is 47.2 Å². The summed E-state index contributed by atoms with van der Waals surface area (Å²) in [5.41, 5.74) is 1.45. The van der Waals surface area contributed by atoms with E-state index in [9.17, 15) is 37.1 Å². The fourth-order valence-corrected chi connectivity index (χ4v) is 4.50. The Morgan fingerprint density at radius 1 is 0.636 bits per heavy atom. The van der Waals surface area contributed by atoms with E-state index in [0.717, 1.165) is 41.6 Å². The Kier molecular flexibility index (Phi) is 14.4. The molecule has 4 aromatic carbocycles. The number of carbonyl (C=O) groups is 3. The van der Waals surface area contributed by atoms with Crippen molar-refractivity contribution in [2.45, 2.75) is 55.1 Å². The number of aldehydes is 1. The van der Waals surface area contributed by atoms with Gasteiger partial charge in [-0.1, -0.05) is 55.0 Å². The van der Waals surface area contributed by atoms with E-state index in [2.05, 4.69) is 30.6 Å². The van der Waals surface area contributed by atoms with E-state index in [0.29, 0.717) is 16.6 Å². The van der Waals surface area contributed by atoms with Crippen LogP contribution in [0, 0.1) is 34.1 Å². The van der Waals surface area contributed by atoms with Gasteiger partial charge >= 0.3 is 0 Å². The minimum atomic E-state index is -1.57. The SMILES string of the molecule is C.CC(C)(C)C(=O)Nc1ccc(F)c(C(O)c2ccc3nccnc3c2)c1F.CC(C)(C)C(=O)Nc1ccc(F)cc1F.O=Cc1ccc2nccnc2c1. The van der Waals surface area contributed by atoms with Gasteiger partial charge in [0.1, 0.15) is 29.8 Å². The number of carbonyl (C=O) groups excluding carboxylic acids is 3. The van der Waals surface area contributed by atoms with Crippen LogP contribution in [-0.2, 0) is 9.59 Å². The highest BCUT2D eigenvalue weighted by Crippen LogP contribution is 2.32. The fraction of sp³-hybridized carbons (Fsp3) is 0.244. The van der Waals surface area contributed by atoms with Crippen LogP contribution >= 0.6 is 0 Å². The summed E-state index contributed by atoms with van der Waals surface area (Å²) in [4.78, 5) is 50.4. The molecule has 10 nitrogen and oxygen atoms in total. The molecule has 0 aliphatic heterocycles. The van der Waals surface area contributed by atoms with Gasteiger partial charge in [0.05, 0.1) is 39.0 Å². The van der Waals surface area contributed by atoms with Gasteiger partial charge in [-0.25, -0.2) is 17.6 Å². The maximum absolute atomic E-state index is 14.9. The number of amides is 2. The number of aliphatic hydroxyl groups is 1. The molecular weight excluding hydrogens is 716 g/mol. The highest BCUT2D eigenvalue weighted by Gasteiger charge is 2.27. The molecule has 0 saturated heterocycles. The smallest absolute Gasteiger partial charge is 0.229 e. The number of nitrogens with one attached hydrogen (secondary N) is 2. The average Bonchev–Trinajstić information content (AvgIpc) is 3.13. The Bertz CT molecular complexity index is 2310. The number of aromatic nitrogens is 4. The Balaban J connectivity index is 0.000000244. The Morgan fingerprint density at radius 2 is 1.13 bits per heavy atom. The molecule has 0 aliphatic carbocycles. The average molecular weight is 759 g/mol. The zero-order valence-electron chi connectivity index (χ0n) is 30.3. The predicted octanol–water partition coefficient (Wildman–Crippen LogP) is 9.00. The maximum atomic E-state index is 14.9. The van der Waals surface area contributed by atoms with Crippen molar-refractivity contribution in [2.24, 2.45) is 10.8 Å². The van der Waals surface area contributed by atoms with Crippen LogP contribution in [0.3, 0.4) is 0 Å². The summed E-state index contributed by atoms with van der Waals surface area (Å²) in [6, 6.07) is 15.1. The molecule has 2 aromatic heterocycles. The van der Waals surface area contributed by atoms with Gasteiger partial charge in [-0.15, -0.1) is 0 Å². The van der Waals surface area contributed by atoms with Crippen LogP contribution in [0.15, 0.2) is 91.5 Å². The van der Waals surface area contributed by atoms with Gasteiger partial charge in [0.25, 0.3) is 0 Å². The molecule has 14 heteroatoms. The van der Waals surface area contributed by atoms with E-state index >= 15 is 0 Å². The molecule has 6 rings (SSSR count). The van der Waals surface area contributed by atoms with Crippen LogP contribution in [0.4, 0.5) is 28.9 Å². The van der Waals surface area contributed by atoms with E-state index in [-0.39, 0.29) is 30.3 Å². The number of anilines is 2. The molecular formula is C41H42F4N6O4. The highest BCUT2D eigenvalue weighted by atomic mass is 19.1. The molecule has 0 radical (unpaired) electrons. The lowest BCUT2D eigenvalue weighted by Gasteiger charge is -2.20. The largest absolute Gasteiger partial charge is 0.383 e. The molecule has 0 spiro atoms. The number of halogens is 4. The third-order valence-corrected chi connectivity index (χ3v) is 7.63. The Morgan fingerprint density at radius 3 is 1.65 bits per heavy atom. The van der Waals surface area contributed by atoms with Crippen molar-refractivity contribution in [2.75, 3.05) is 10.6 Å². The molecule has 0 aliphatic rings. The summed E-state index contributed by atoms with van der Waals surface area (Å²) in [7, 11) is 0. The van der Waals surface area contributed by atoms with E-state index < -0.39 is 51.7 Å². The van der Waals surface area contributed by atoms with E-state index in [1.54, 1.807) is 78.2 Å². The standard InChI is InChI=1S/C20H19F2N3O2.C11H13F2NO.C9H6N2O.CH4/c1-20(2,3)19(27)25-14-7-5-12(21)16(17(14)22)18(26)11-4-6-13-15(10-11)24-9-8-23-13;1-11(2,3)10(15)14-9-5-4-7(12)6-8(9)13;12-6-7-1-2-8-9(5-7)11-4-3-10-8;/h4-10,18,26H,1-3H3,(H,25,27);4-6H,1-3H3,(H,14,15);1-6H;1H4. The molecule has 2 heterocycles. The first-order valence-electron chi connectivity index (χ1n) is 16.5. The van der Waals surface area contributed by atoms with Gasteiger partial charge in [0.15, 0.2) is 5.82 Å². The zero-order chi connectivity index (χ0) is 39.8. The number of aliphatic hydroxyl groups excluding tert-OH is 1. The van der Waals surface area contributed by atoms with Crippen LogP contribution < -0.4 is 10.6 Å². The van der Waals surface area contributed by atoms with Crippen molar-refractivity contribution < 1.29 is 37.1 Å². The van der Waals surface area contributed by atoms with E-state index in [1.807, 2.05) is 0 Å². The summed E-state index contributed by atoms with van der Waals surface area (Å²) in [6.07, 6.45) is 5.48. The highest BCUT2D eigenvalue weighted by molar-refractivity contribution is 5.95. The molecule has 1 atom stereocenters. The number of hydrogen-bond acceptors (Lipinski definition) is 8. The first-order chi connectivity index (χ1) is 25.4. The zero-order valence-corrected chi connectivity index (χ0v) is 30.3. The summed E-state index contributed by atoms with van der Waals surface area (Å²) < 4.78 is 54.9. The monoisotopic (exact) mass is 758 g/mol. The summed E-state index contributed by atoms with van der Waals surface area (Å²) in [5, 5.41) is 15.4. The number of benzene rings is 4. The number of rotatable bonds is 5. The van der Waals surface area contributed by atoms with Crippen molar-refractivity contribution >= 4 is 51.5 Å². The van der Waals surface area contributed by atoms with Crippen LogP contribution in [0.5, 0.6) is 0 Å². The molecule has 288 valence electrons. The molecule has 1 unspecified atom stereocenters. The van der Waals surface area contributed by atoms with Crippen LogP contribution in [0.2, 0.25) is 0 Å². The van der Waals surface area contributed by atoms with Crippen molar-refractivity contribution in [3.05, 3.63) is 131 Å². The van der Waals surface area contributed by atoms with Crippen LogP contribution in [-0.4, -0.2) is 43.1 Å². The molecule has 55 heavy (non-hydrogen) atoms. The fourth-order valence-electron chi connectivity index (χ4n) is 4.50. The molecule has 0 fully saturated rings. The van der Waals surface area contributed by atoms with Gasteiger partial charge in [-0.2, -0.15) is 0 Å². The van der Waals surface area contributed by atoms with Crippen LogP contribution in [0.1, 0.15) is 76.6 Å². The number of hydrogen-bond donors (Lipinski definition) is 3. The van der Waals surface area contributed by atoms with Gasteiger partial charge in [0.2, 0.25) is 11.8 Å². The molecule has 2 amide bonds. The van der Waals surface area contributed by atoms with Crippen molar-refractivity contribution in [1.82, 2.24) is 19.9 Å². The second-order valence-electron chi connectivity index (χ2n) is 14.0. The normalized spacial score (nSPS) is 11.5. The van der Waals surface area contributed by atoms with Gasteiger partial charge < -0.3 is 15.7 Å². The second-order valence-corrected chi connectivity index (χ2v) is 14.0. The minimum absolute atomic E-state index is 0. The lowest BCUT2D eigenvalue weighted by molar-refractivity contribution is -0.123. The summed E-state index contributed by atoms with van der Waals surface area (Å²) in [5.74, 6) is -4.09. The number of fused-ring (bicyclic) bond motifs is 2. The van der Waals surface area contributed by atoms with Gasteiger partial charge in [-0.05, 0) is 60.2 Å². The van der Waals surface area contributed by atoms with E-state index in [1.165, 1.54) is 30.6 Å². The van der Waals surface area contributed by atoms with Gasteiger partial charge in [-0.3, -0.25) is 34.3 Å². The quantitative estimate of drug-likeness (QED) is 0.117. The van der Waals surface area contributed by atoms with E-state index in [4.69, 9.17) is 0 Å². The minimum Gasteiger partial charge on any atom is -0.383 e. The lowest BCUT2D eigenvalue weighted by Crippen LogP contribution is -2.28. The Labute approximate surface area is 316 Å².